The summed E-state index contributed by atoms with van der Waals surface area (Å²) in [5.41, 5.74) is 0.224. The van der Waals surface area contributed by atoms with Crippen LogP contribution in [-0.4, -0.2) is 30.1 Å². The molecule has 90 valence electrons. The molecule has 0 spiro atoms. The van der Waals surface area contributed by atoms with Gasteiger partial charge in [-0.3, -0.25) is 0 Å². The van der Waals surface area contributed by atoms with Crippen molar-refractivity contribution in [3.63, 3.8) is 0 Å². The summed E-state index contributed by atoms with van der Waals surface area (Å²) < 4.78 is 12.8. The van der Waals surface area contributed by atoms with Gasteiger partial charge in [-0.2, -0.15) is 5.26 Å². The Bertz CT molecular complexity index is 425. The molecule has 1 fully saturated rings. The van der Waals surface area contributed by atoms with Crippen molar-refractivity contribution in [3.8, 4) is 6.07 Å². The highest BCUT2D eigenvalue weighted by Gasteiger charge is 2.40. The van der Waals surface area contributed by atoms with Gasteiger partial charge in [-0.15, -0.1) is 0 Å². The summed E-state index contributed by atoms with van der Waals surface area (Å²) in [5.74, 6) is -0.265. The molecule has 1 aromatic rings. The van der Waals surface area contributed by atoms with Gasteiger partial charge in [-0.25, -0.2) is 4.39 Å². The van der Waals surface area contributed by atoms with Crippen LogP contribution < -0.4 is 5.32 Å². The van der Waals surface area contributed by atoms with Gasteiger partial charge in [0.25, 0.3) is 0 Å². The van der Waals surface area contributed by atoms with E-state index in [-0.39, 0.29) is 5.82 Å². The third kappa shape index (κ3) is 2.40. The Balaban J connectivity index is 2.16. The van der Waals surface area contributed by atoms with E-state index in [0.717, 1.165) is 12.1 Å². The van der Waals surface area contributed by atoms with Crippen LogP contribution in [0.2, 0.25) is 0 Å². The summed E-state index contributed by atoms with van der Waals surface area (Å²) >= 11 is 0. The highest BCUT2D eigenvalue weighted by molar-refractivity contribution is 5.48. The highest BCUT2D eigenvalue weighted by Crippen LogP contribution is 2.29. The van der Waals surface area contributed by atoms with Crippen LogP contribution in [0.25, 0.3) is 0 Å². The van der Waals surface area contributed by atoms with E-state index in [4.69, 9.17) is 0 Å². The summed E-state index contributed by atoms with van der Waals surface area (Å²) in [4.78, 5) is 2.15. The molecule has 17 heavy (non-hydrogen) atoms. The maximum atomic E-state index is 12.8. The molecule has 2 rings (SSSR count). The Morgan fingerprint density at radius 1 is 1.47 bits per heavy atom. The molecule has 1 aliphatic rings. The lowest BCUT2D eigenvalue weighted by Gasteiger charge is -2.23. The number of benzene rings is 1. The summed E-state index contributed by atoms with van der Waals surface area (Å²) in [6, 6.07) is 8.86. The largest absolute Gasteiger partial charge is 0.366 e. The first-order valence-electron chi connectivity index (χ1n) is 5.70. The molecular formula is C13H16FN3. The lowest BCUT2D eigenvalue weighted by molar-refractivity contribution is 0.327. The van der Waals surface area contributed by atoms with Gasteiger partial charge in [0.05, 0.1) is 6.07 Å². The summed E-state index contributed by atoms with van der Waals surface area (Å²) in [6.45, 7) is 2.79. The van der Waals surface area contributed by atoms with Crippen LogP contribution in [0.4, 0.5) is 10.1 Å². The minimum atomic E-state index is -0.563. The average molecular weight is 233 g/mol. The fourth-order valence-corrected chi connectivity index (χ4v) is 2.32. The lowest BCUT2D eigenvalue weighted by atomic mass is 9.98. The number of nitrogens with zero attached hydrogens (tertiary/aromatic N) is 2. The molecule has 0 saturated carbocycles. The standard InChI is InChI=1S/C13H16FN3/c1-10-7-13(8-15,9-17(10)2)16-12-5-3-11(14)4-6-12/h3-6,10,16H,7,9H2,1-2H3. The van der Waals surface area contributed by atoms with E-state index < -0.39 is 5.54 Å². The molecule has 0 aliphatic carbocycles. The van der Waals surface area contributed by atoms with Gasteiger partial charge in [0.2, 0.25) is 0 Å². The molecule has 2 unspecified atom stereocenters. The van der Waals surface area contributed by atoms with Gasteiger partial charge >= 0.3 is 0 Å². The Morgan fingerprint density at radius 2 is 2.12 bits per heavy atom. The second kappa shape index (κ2) is 4.34. The first-order valence-corrected chi connectivity index (χ1v) is 5.70. The average Bonchev–Trinajstić information content (AvgIpc) is 2.59. The lowest BCUT2D eigenvalue weighted by Crippen LogP contribution is -2.39. The van der Waals surface area contributed by atoms with E-state index in [1.807, 2.05) is 7.05 Å². The van der Waals surface area contributed by atoms with Gasteiger partial charge in [0.15, 0.2) is 0 Å². The normalized spacial score (nSPS) is 28.9. The van der Waals surface area contributed by atoms with Crippen LogP contribution >= 0.6 is 0 Å². The number of nitrogens with one attached hydrogen (secondary N) is 1. The molecule has 0 bridgehead atoms. The fourth-order valence-electron chi connectivity index (χ4n) is 2.32. The number of anilines is 1. The van der Waals surface area contributed by atoms with E-state index in [1.165, 1.54) is 12.1 Å². The molecule has 0 amide bonds. The zero-order valence-corrected chi connectivity index (χ0v) is 10.1. The maximum Gasteiger partial charge on any atom is 0.139 e. The predicted molar refractivity (Wildman–Crippen MR) is 65.1 cm³/mol. The van der Waals surface area contributed by atoms with Gasteiger partial charge < -0.3 is 10.2 Å². The van der Waals surface area contributed by atoms with E-state index in [2.05, 4.69) is 23.2 Å². The van der Waals surface area contributed by atoms with E-state index in [9.17, 15) is 9.65 Å². The van der Waals surface area contributed by atoms with Crippen molar-refractivity contribution in [2.24, 2.45) is 0 Å². The van der Waals surface area contributed by atoms with Crippen molar-refractivity contribution in [1.29, 1.82) is 5.26 Å². The number of likely N-dealkylation sites (N-methyl/N-ethyl adjacent to an activating group) is 1. The zero-order chi connectivity index (χ0) is 12.5. The van der Waals surface area contributed by atoms with Crippen LogP contribution in [0.1, 0.15) is 13.3 Å². The maximum absolute atomic E-state index is 12.8. The SMILES string of the molecule is CC1CC(C#N)(Nc2ccc(F)cc2)CN1C. The van der Waals surface area contributed by atoms with Crippen LogP contribution in [0.5, 0.6) is 0 Å². The van der Waals surface area contributed by atoms with Crippen LogP contribution in [-0.2, 0) is 0 Å². The van der Waals surface area contributed by atoms with Crippen LogP contribution in [0.3, 0.4) is 0 Å². The predicted octanol–water partition coefficient (Wildman–Crippen LogP) is 2.22. The third-order valence-electron chi connectivity index (χ3n) is 3.36. The first-order chi connectivity index (χ1) is 8.04. The van der Waals surface area contributed by atoms with E-state index >= 15 is 0 Å². The van der Waals surface area contributed by atoms with E-state index in [1.54, 1.807) is 12.1 Å². The van der Waals surface area contributed by atoms with Crippen LogP contribution in [0, 0.1) is 17.1 Å². The summed E-state index contributed by atoms with van der Waals surface area (Å²) in [7, 11) is 2.01. The number of nitriles is 1. The van der Waals surface area contributed by atoms with Crippen LogP contribution in [0.15, 0.2) is 24.3 Å². The fraction of sp³-hybridized carbons (Fsp3) is 0.462. The second-order valence-corrected chi connectivity index (χ2v) is 4.79. The number of likely N-dealkylation sites (tertiary alicyclic amines) is 1. The number of rotatable bonds is 2. The topological polar surface area (TPSA) is 39.1 Å². The molecule has 1 saturated heterocycles. The summed E-state index contributed by atoms with van der Waals surface area (Å²) in [5, 5.41) is 12.6. The smallest absolute Gasteiger partial charge is 0.139 e. The highest BCUT2D eigenvalue weighted by atomic mass is 19.1. The monoisotopic (exact) mass is 233 g/mol. The molecule has 1 aliphatic heterocycles. The molecule has 0 aromatic heterocycles. The number of hydrogen-bond acceptors (Lipinski definition) is 3. The minimum Gasteiger partial charge on any atom is -0.366 e. The molecular weight excluding hydrogens is 217 g/mol. The zero-order valence-electron chi connectivity index (χ0n) is 10.1. The van der Waals surface area contributed by atoms with Crippen molar-refractivity contribution >= 4 is 5.69 Å². The molecule has 1 N–H and O–H groups in total. The molecule has 2 atom stereocenters. The van der Waals surface area contributed by atoms with Gasteiger partial charge in [0.1, 0.15) is 11.4 Å². The molecule has 1 heterocycles. The van der Waals surface area contributed by atoms with Gasteiger partial charge in [-0.05, 0) is 38.2 Å². The molecule has 0 radical (unpaired) electrons. The Morgan fingerprint density at radius 3 is 2.59 bits per heavy atom. The number of hydrogen-bond donors (Lipinski definition) is 1. The first kappa shape index (κ1) is 11.9. The second-order valence-electron chi connectivity index (χ2n) is 4.79. The Hall–Kier alpha value is -1.60. The number of halogens is 1. The minimum absolute atomic E-state index is 0.265. The molecule has 1 aromatic carbocycles. The van der Waals surface area contributed by atoms with E-state index in [0.29, 0.717) is 12.6 Å². The molecule has 4 heteroatoms. The van der Waals surface area contributed by atoms with Crippen molar-refractivity contribution in [3.05, 3.63) is 30.1 Å². The quantitative estimate of drug-likeness (QED) is 0.851. The van der Waals surface area contributed by atoms with Gasteiger partial charge in [0, 0.05) is 24.7 Å². The third-order valence-corrected chi connectivity index (χ3v) is 3.36. The molecule has 3 nitrogen and oxygen atoms in total. The summed E-state index contributed by atoms with van der Waals surface area (Å²) in [6.07, 6.45) is 0.775. The van der Waals surface area contributed by atoms with Crippen molar-refractivity contribution in [2.45, 2.75) is 24.9 Å². The van der Waals surface area contributed by atoms with Crippen molar-refractivity contribution in [2.75, 3.05) is 18.9 Å². The Labute approximate surface area is 101 Å². The Kier molecular flexibility index (Phi) is 3.03. The van der Waals surface area contributed by atoms with Crippen molar-refractivity contribution < 1.29 is 4.39 Å². The van der Waals surface area contributed by atoms with Gasteiger partial charge in [-0.1, -0.05) is 0 Å². The van der Waals surface area contributed by atoms with Crippen molar-refractivity contribution in [1.82, 2.24) is 4.90 Å².